The Morgan fingerprint density at radius 1 is 1.20 bits per heavy atom. The molecule has 1 aromatic heterocycles. The molecule has 30 heavy (non-hydrogen) atoms. The number of Topliss-reactive ketones (excluding diaryl/α,β-unsaturated/α-hetero) is 1. The second-order valence-electron chi connectivity index (χ2n) is 7.57. The van der Waals surface area contributed by atoms with Crippen molar-refractivity contribution in [3.63, 3.8) is 0 Å². The number of rotatable bonds is 7. The van der Waals surface area contributed by atoms with E-state index in [-0.39, 0.29) is 23.7 Å². The van der Waals surface area contributed by atoms with Crippen LogP contribution < -0.4 is 31.5 Å². The number of carbonyl (C=O) groups excluding carboxylic acids is 1. The molecule has 1 fully saturated rings. The molecule has 9 heteroatoms. The van der Waals surface area contributed by atoms with Crippen LogP contribution in [0, 0.1) is 0 Å². The van der Waals surface area contributed by atoms with Crippen LogP contribution in [-0.2, 0) is 13.6 Å². The van der Waals surface area contributed by atoms with E-state index in [1.165, 1.54) is 11.6 Å². The molecule has 1 aliphatic rings. The number of piperazine rings is 1. The molecule has 1 saturated heterocycles. The number of quaternary nitrogens is 1. The fourth-order valence-electron chi connectivity index (χ4n) is 3.93. The smallest absolute Gasteiger partial charge is 0.332 e. The van der Waals surface area contributed by atoms with Crippen LogP contribution in [0.25, 0.3) is 0 Å². The lowest BCUT2D eigenvalue weighted by molar-refractivity contribution is -0.892. The molecule has 0 atom stereocenters. The van der Waals surface area contributed by atoms with Gasteiger partial charge < -0.3 is 20.3 Å². The Morgan fingerprint density at radius 3 is 2.50 bits per heavy atom. The van der Waals surface area contributed by atoms with E-state index < -0.39 is 11.2 Å². The molecule has 0 spiro atoms. The number of anilines is 2. The van der Waals surface area contributed by atoms with Crippen LogP contribution in [0.3, 0.4) is 0 Å². The number of ketones is 1. The molecule has 0 amide bonds. The SMILES string of the molecule is CCCn1c(N)c(C(=O)C[NH+]2CCN(c3ccccc3OC)CC2)c(=O)n(C)c1=O. The van der Waals surface area contributed by atoms with Crippen molar-refractivity contribution in [3.05, 3.63) is 50.7 Å². The van der Waals surface area contributed by atoms with E-state index in [2.05, 4.69) is 4.90 Å². The van der Waals surface area contributed by atoms with Crippen molar-refractivity contribution >= 4 is 17.3 Å². The molecule has 1 aliphatic heterocycles. The molecular formula is C21H30N5O4+. The minimum atomic E-state index is -0.623. The maximum Gasteiger partial charge on any atom is 0.332 e. The Morgan fingerprint density at radius 2 is 1.87 bits per heavy atom. The van der Waals surface area contributed by atoms with Gasteiger partial charge in [-0.05, 0) is 18.6 Å². The van der Waals surface area contributed by atoms with E-state index in [9.17, 15) is 14.4 Å². The summed E-state index contributed by atoms with van der Waals surface area (Å²) in [5.41, 5.74) is 5.92. The molecule has 0 bridgehead atoms. The van der Waals surface area contributed by atoms with Gasteiger partial charge in [0.15, 0.2) is 0 Å². The van der Waals surface area contributed by atoms with Gasteiger partial charge in [-0.25, -0.2) is 4.79 Å². The largest absolute Gasteiger partial charge is 0.495 e. The molecule has 0 unspecified atom stereocenters. The fourth-order valence-corrected chi connectivity index (χ4v) is 3.93. The van der Waals surface area contributed by atoms with Crippen molar-refractivity contribution < 1.29 is 14.4 Å². The van der Waals surface area contributed by atoms with E-state index in [0.717, 1.165) is 47.1 Å². The van der Waals surface area contributed by atoms with Gasteiger partial charge in [0.2, 0.25) is 5.78 Å². The number of hydrogen-bond donors (Lipinski definition) is 2. The van der Waals surface area contributed by atoms with Gasteiger partial charge >= 0.3 is 5.69 Å². The van der Waals surface area contributed by atoms with Crippen molar-refractivity contribution in [2.24, 2.45) is 7.05 Å². The standard InChI is InChI=1S/C21H29N5O4/c1-4-9-26-19(22)18(20(28)23(2)21(26)29)16(27)14-24-10-12-25(13-11-24)15-7-5-6-8-17(15)30-3/h5-8H,4,9-14,22H2,1-3H3/p+1. The Balaban J connectivity index is 1.74. The third kappa shape index (κ3) is 4.11. The van der Waals surface area contributed by atoms with Crippen molar-refractivity contribution in [2.45, 2.75) is 19.9 Å². The highest BCUT2D eigenvalue weighted by Crippen LogP contribution is 2.27. The molecule has 1 aromatic carbocycles. The quantitative estimate of drug-likeness (QED) is 0.569. The number of ether oxygens (including phenoxy) is 1. The third-order valence-corrected chi connectivity index (χ3v) is 5.62. The Bertz CT molecular complexity index is 1030. The number of nitrogens with one attached hydrogen (secondary N) is 1. The van der Waals surface area contributed by atoms with Crippen molar-refractivity contribution in [1.82, 2.24) is 9.13 Å². The van der Waals surface area contributed by atoms with Crippen LogP contribution in [0.4, 0.5) is 11.5 Å². The maximum atomic E-state index is 13.0. The molecule has 3 N–H and O–H groups in total. The van der Waals surface area contributed by atoms with Gasteiger partial charge in [0.05, 0.1) is 39.0 Å². The zero-order valence-corrected chi connectivity index (χ0v) is 17.8. The van der Waals surface area contributed by atoms with Crippen LogP contribution in [-0.4, -0.2) is 54.8 Å². The summed E-state index contributed by atoms with van der Waals surface area (Å²) in [5, 5.41) is 0. The van der Waals surface area contributed by atoms with Gasteiger partial charge in [-0.2, -0.15) is 0 Å². The van der Waals surface area contributed by atoms with Crippen LogP contribution in [0.5, 0.6) is 5.75 Å². The number of hydrogen-bond acceptors (Lipinski definition) is 6. The van der Waals surface area contributed by atoms with E-state index in [1.54, 1.807) is 7.11 Å². The van der Waals surface area contributed by atoms with Crippen molar-refractivity contribution in [1.29, 1.82) is 0 Å². The number of benzene rings is 1. The van der Waals surface area contributed by atoms with Gasteiger partial charge in [-0.15, -0.1) is 0 Å². The minimum absolute atomic E-state index is 0.0259. The van der Waals surface area contributed by atoms with Gasteiger partial charge in [0.1, 0.15) is 23.7 Å². The Kier molecular flexibility index (Phi) is 6.61. The van der Waals surface area contributed by atoms with Crippen LogP contribution >= 0.6 is 0 Å². The Hall–Kier alpha value is -3.07. The second kappa shape index (κ2) is 9.17. The Labute approximate surface area is 175 Å². The molecule has 2 heterocycles. The summed E-state index contributed by atoms with van der Waals surface area (Å²) < 4.78 is 7.72. The van der Waals surface area contributed by atoms with E-state index in [0.29, 0.717) is 13.0 Å². The topological polar surface area (TPSA) is 104 Å². The highest BCUT2D eigenvalue weighted by molar-refractivity contribution is 6.00. The number of nitrogens with two attached hydrogens (primary N) is 1. The second-order valence-corrected chi connectivity index (χ2v) is 7.57. The average molecular weight is 417 g/mol. The van der Waals surface area contributed by atoms with Crippen LogP contribution in [0.15, 0.2) is 33.9 Å². The molecule has 2 aromatic rings. The molecule has 0 aliphatic carbocycles. The predicted octanol–water partition coefficient (Wildman–Crippen LogP) is -0.864. The van der Waals surface area contributed by atoms with Crippen molar-refractivity contribution in [2.75, 3.05) is 50.5 Å². The highest BCUT2D eigenvalue weighted by atomic mass is 16.5. The molecule has 9 nitrogen and oxygen atoms in total. The molecule has 3 rings (SSSR count). The van der Waals surface area contributed by atoms with Crippen LogP contribution in [0.2, 0.25) is 0 Å². The summed E-state index contributed by atoms with van der Waals surface area (Å²) in [6.07, 6.45) is 0.673. The maximum absolute atomic E-state index is 13.0. The number of aromatic nitrogens is 2. The first-order valence-corrected chi connectivity index (χ1v) is 10.2. The summed E-state index contributed by atoms with van der Waals surface area (Å²) >= 11 is 0. The number of carbonyl (C=O) groups is 1. The monoisotopic (exact) mass is 416 g/mol. The summed E-state index contributed by atoms with van der Waals surface area (Å²) in [6.45, 7) is 5.48. The first-order chi connectivity index (χ1) is 14.4. The minimum Gasteiger partial charge on any atom is -0.495 e. The molecule has 162 valence electrons. The average Bonchev–Trinajstić information content (AvgIpc) is 2.76. The third-order valence-electron chi connectivity index (χ3n) is 5.62. The van der Waals surface area contributed by atoms with E-state index in [1.807, 2.05) is 31.2 Å². The van der Waals surface area contributed by atoms with Crippen molar-refractivity contribution in [3.8, 4) is 5.75 Å². The molecule has 0 saturated carbocycles. The van der Waals surface area contributed by atoms with Gasteiger partial charge in [-0.3, -0.25) is 18.7 Å². The zero-order valence-electron chi connectivity index (χ0n) is 17.8. The van der Waals surface area contributed by atoms with E-state index >= 15 is 0 Å². The number of nitrogen functional groups attached to an aromatic ring is 1. The fraction of sp³-hybridized carbons (Fsp3) is 0.476. The zero-order chi connectivity index (χ0) is 21.8. The summed E-state index contributed by atoms with van der Waals surface area (Å²) in [5.74, 6) is 0.479. The number of para-hydroxylation sites is 2. The predicted molar refractivity (Wildman–Crippen MR) is 116 cm³/mol. The van der Waals surface area contributed by atoms with Gasteiger partial charge in [0, 0.05) is 13.6 Å². The number of methoxy groups -OCH3 is 1. The normalized spacial score (nSPS) is 14.7. The van der Waals surface area contributed by atoms with Crippen LogP contribution in [0.1, 0.15) is 23.7 Å². The lowest BCUT2D eigenvalue weighted by atomic mass is 10.1. The number of nitrogens with zero attached hydrogens (tertiary/aromatic N) is 3. The summed E-state index contributed by atoms with van der Waals surface area (Å²) in [7, 11) is 3.04. The van der Waals surface area contributed by atoms with Gasteiger partial charge in [0.25, 0.3) is 5.56 Å². The lowest BCUT2D eigenvalue weighted by Gasteiger charge is -2.34. The highest BCUT2D eigenvalue weighted by Gasteiger charge is 2.28. The van der Waals surface area contributed by atoms with E-state index in [4.69, 9.17) is 10.5 Å². The first kappa shape index (κ1) is 21.6. The first-order valence-electron chi connectivity index (χ1n) is 10.2. The lowest BCUT2D eigenvalue weighted by Crippen LogP contribution is -3.15. The van der Waals surface area contributed by atoms with Gasteiger partial charge in [-0.1, -0.05) is 19.1 Å². The summed E-state index contributed by atoms with van der Waals surface area (Å²) in [6, 6.07) is 7.87. The molecular weight excluding hydrogens is 386 g/mol. The molecule has 0 radical (unpaired) electrons. The summed E-state index contributed by atoms with van der Waals surface area (Å²) in [4.78, 5) is 41.2.